The highest BCUT2D eigenvalue weighted by Crippen LogP contribution is 2.25. The molecule has 0 aliphatic heterocycles. The van der Waals surface area contributed by atoms with Gasteiger partial charge >= 0.3 is 0 Å². The first kappa shape index (κ1) is 16.7. The van der Waals surface area contributed by atoms with E-state index in [0.717, 1.165) is 11.3 Å². The van der Waals surface area contributed by atoms with E-state index >= 15 is 0 Å². The number of thiazole rings is 1. The van der Waals surface area contributed by atoms with Gasteiger partial charge in [0.05, 0.1) is 12.7 Å². The molecular formula is C18H15BrN2O2S. The Morgan fingerprint density at radius 3 is 2.79 bits per heavy atom. The van der Waals surface area contributed by atoms with Crippen LogP contribution in [0.3, 0.4) is 0 Å². The summed E-state index contributed by atoms with van der Waals surface area (Å²) in [4.78, 5) is 17.8. The van der Waals surface area contributed by atoms with E-state index in [1.54, 1.807) is 31.5 Å². The number of hydrogen-bond donors (Lipinski definition) is 1. The molecule has 0 atom stereocenters. The van der Waals surface area contributed by atoms with Gasteiger partial charge in [-0.3, -0.25) is 10.1 Å². The molecule has 4 nitrogen and oxygen atoms in total. The summed E-state index contributed by atoms with van der Waals surface area (Å²) in [7, 11) is 1.57. The van der Waals surface area contributed by atoms with E-state index in [-0.39, 0.29) is 5.91 Å². The summed E-state index contributed by atoms with van der Waals surface area (Å²) in [5.74, 6) is 0.411. The molecule has 6 heteroatoms. The fourth-order valence-electron chi connectivity index (χ4n) is 2.21. The zero-order chi connectivity index (χ0) is 16.9. The van der Waals surface area contributed by atoms with Crippen molar-refractivity contribution < 1.29 is 9.53 Å². The summed E-state index contributed by atoms with van der Waals surface area (Å²) in [6.07, 6.45) is 2.60. The van der Waals surface area contributed by atoms with Gasteiger partial charge in [0.2, 0.25) is 0 Å². The van der Waals surface area contributed by atoms with E-state index < -0.39 is 0 Å². The average molecular weight is 403 g/mol. The van der Waals surface area contributed by atoms with Crippen LogP contribution in [-0.2, 0) is 6.42 Å². The Kier molecular flexibility index (Phi) is 5.27. The van der Waals surface area contributed by atoms with Gasteiger partial charge in [-0.05, 0) is 39.7 Å². The van der Waals surface area contributed by atoms with Gasteiger partial charge in [-0.1, -0.05) is 30.3 Å². The van der Waals surface area contributed by atoms with Crippen molar-refractivity contribution in [3.05, 3.63) is 75.2 Å². The number of hydrogen-bond acceptors (Lipinski definition) is 4. The molecule has 1 amide bonds. The third-order valence-electron chi connectivity index (χ3n) is 3.41. The lowest BCUT2D eigenvalue weighted by atomic mass is 10.1. The first-order chi connectivity index (χ1) is 11.7. The molecule has 1 heterocycles. The number of aromatic nitrogens is 1. The highest BCUT2D eigenvalue weighted by Gasteiger charge is 2.13. The number of amides is 1. The van der Waals surface area contributed by atoms with Crippen LogP contribution in [0.15, 0.2) is 59.2 Å². The van der Waals surface area contributed by atoms with E-state index in [2.05, 4.69) is 38.4 Å². The van der Waals surface area contributed by atoms with Crippen LogP contribution >= 0.6 is 27.3 Å². The number of nitrogens with one attached hydrogen (secondary N) is 1. The molecule has 0 saturated heterocycles. The summed E-state index contributed by atoms with van der Waals surface area (Å²) in [5, 5.41) is 3.42. The second kappa shape index (κ2) is 7.59. The maximum atomic E-state index is 12.4. The first-order valence-corrected chi connectivity index (χ1v) is 8.90. The molecule has 0 radical (unpaired) electrons. The molecule has 0 aliphatic carbocycles. The molecule has 3 aromatic rings. The summed E-state index contributed by atoms with van der Waals surface area (Å²) in [6.45, 7) is 0. The van der Waals surface area contributed by atoms with Crippen LogP contribution in [0.25, 0.3) is 0 Å². The van der Waals surface area contributed by atoms with Crippen molar-refractivity contribution >= 4 is 38.3 Å². The van der Waals surface area contributed by atoms with Gasteiger partial charge in [-0.2, -0.15) is 0 Å². The van der Waals surface area contributed by atoms with Crippen molar-refractivity contribution in [1.82, 2.24) is 4.98 Å². The predicted molar refractivity (Wildman–Crippen MR) is 100 cm³/mol. The van der Waals surface area contributed by atoms with E-state index in [1.165, 1.54) is 16.9 Å². The summed E-state index contributed by atoms with van der Waals surface area (Å²) >= 11 is 4.87. The minimum Gasteiger partial charge on any atom is -0.497 e. The molecule has 3 rings (SSSR count). The van der Waals surface area contributed by atoms with Crippen LogP contribution in [0, 0.1) is 0 Å². The van der Waals surface area contributed by atoms with Crippen LogP contribution < -0.4 is 10.1 Å². The van der Waals surface area contributed by atoms with Gasteiger partial charge in [-0.15, -0.1) is 11.3 Å². The maximum Gasteiger partial charge on any atom is 0.258 e. The van der Waals surface area contributed by atoms with E-state index in [0.29, 0.717) is 20.9 Å². The zero-order valence-electron chi connectivity index (χ0n) is 13.0. The third kappa shape index (κ3) is 4.01. The van der Waals surface area contributed by atoms with Crippen molar-refractivity contribution in [2.45, 2.75) is 6.42 Å². The van der Waals surface area contributed by atoms with Crippen molar-refractivity contribution in [2.24, 2.45) is 0 Å². The summed E-state index contributed by atoms with van der Waals surface area (Å²) in [5.41, 5.74) is 1.73. The first-order valence-electron chi connectivity index (χ1n) is 7.29. The molecule has 1 aromatic heterocycles. The van der Waals surface area contributed by atoms with Gasteiger partial charge in [0, 0.05) is 22.0 Å². The highest BCUT2D eigenvalue weighted by molar-refractivity contribution is 9.10. The van der Waals surface area contributed by atoms with Crippen molar-refractivity contribution in [3.8, 4) is 5.75 Å². The molecule has 0 saturated carbocycles. The van der Waals surface area contributed by atoms with Crippen LogP contribution in [0.2, 0.25) is 0 Å². The Morgan fingerprint density at radius 1 is 1.25 bits per heavy atom. The van der Waals surface area contributed by atoms with Gasteiger partial charge in [0.25, 0.3) is 5.91 Å². The molecule has 0 spiro atoms. The monoisotopic (exact) mass is 402 g/mol. The molecule has 2 aromatic carbocycles. The minimum absolute atomic E-state index is 0.221. The van der Waals surface area contributed by atoms with Gasteiger partial charge < -0.3 is 4.74 Å². The fraction of sp³-hybridized carbons (Fsp3) is 0.111. The molecule has 0 fully saturated rings. The minimum atomic E-state index is -0.221. The standard InChI is InChI=1S/C18H15BrN2O2S/c1-23-13-7-8-16(19)15(10-13)17(22)21-18-20-11-14(24-18)9-12-5-3-2-4-6-12/h2-8,10-11H,9H2,1H3,(H,20,21,22). The molecular weight excluding hydrogens is 388 g/mol. The molecule has 122 valence electrons. The lowest BCUT2D eigenvalue weighted by Crippen LogP contribution is -2.12. The van der Waals surface area contributed by atoms with Crippen LogP contribution in [-0.4, -0.2) is 18.0 Å². The smallest absolute Gasteiger partial charge is 0.258 e. The highest BCUT2D eigenvalue weighted by atomic mass is 79.9. The Bertz CT molecular complexity index is 849. The molecule has 0 aliphatic rings. The SMILES string of the molecule is COc1ccc(Br)c(C(=O)Nc2ncc(Cc3ccccc3)s2)c1. The van der Waals surface area contributed by atoms with Crippen molar-refractivity contribution in [1.29, 1.82) is 0 Å². The normalized spacial score (nSPS) is 10.4. The Balaban J connectivity index is 1.71. The number of methoxy groups -OCH3 is 1. The largest absolute Gasteiger partial charge is 0.497 e. The number of ether oxygens (including phenoxy) is 1. The molecule has 0 bridgehead atoms. The van der Waals surface area contributed by atoms with E-state index in [1.807, 2.05) is 18.2 Å². The average Bonchev–Trinajstić information content (AvgIpc) is 3.03. The Labute approximate surface area is 152 Å². The van der Waals surface area contributed by atoms with Gasteiger partial charge in [0.1, 0.15) is 5.75 Å². The quantitative estimate of drug-likeness (QED) is 0.669. The van der Waals surface area contributed by atoms with Crippen molar-refractivity contribution in [3.63, 3.8) is 0 Å². The van der Waals surface area contributed by atoms with Crippen LogP contribution in [0.4, 0.5) is 5.13 Å². The second-order valence-electron chi connectivity index (χ2n) is 5.09. The topological polar surface area (TPSA) is 51.2 Å². The van der Waals surface area contributed by atoms with E-state index in [9.17, 15) is 4.79 Å². The van der Waals surface area contributed by atoms with E-state index in [4.69, 9.17) is 4.74 Å². The lowest BCUT2D eigenvalue weighted by Gasteiger charge is -2.06. The lowest BCUT2D eigenvalue weighted by molar-refractivity contribution is 0.102. The Hall–Kier alpha value is -2.18. The molecule has 1 N–H and O–H groups in total. The number of halogens is 1. The van der Waals surface area contributed by atoms with Crippen LogP contribution in [0.5, 0.6) is 5.75 Å². The number of carbonyl (C=O) groups excluding carboxylic acids is 1. The van der Waals surface area contributed by atoms with Gasteiger partial charge in [0.15, 0.2) is 5.13 Å². The number of benzene rings is 2. The zero-order valence-corrected chi connectivity index (χ0v) is 15.4. The summed E-state index contributed by atoms with van der Waals surface area (Å²) < 4.78 is 5.88. The number of anilines is 1. The van der Waals surface area contributed by atoms with Crippen LogP contribution in [0.1, 0.15) is 20.8 Å². The fourth-order valence-corrected chi connectivity index (χ4v) is 3.48. The number of nitrogens with zero attached hydrogens (tertiary/aromatic N) is 1. The summed E-state index contributed by atoms with van der Waals surface area (Å²) in [6, 6.07) is 15.4. The Morgan fingerprint density at radius 2 is 2.04 bits per heavy atom. The van der Waals surface area contributed by atoms with Crippen molar-refractivity contribution in [2.75, 3.05) is 12.4 Å². The predicted octanol–water partition coefficient (Wildman–Crippen LogP) is 4.76. The molecule has 24 heavy (non-hydrogen) atoms. The molecule has 0 unspecified atom stereocenters. The number of rotatable bonds is 5. The number of carbonyl (C=O) groups is 1. The second-order valence-corrected chi connectivity index (χ2v) is 7.06. The van der Waals surface area contributed by atoms with Gasteiger partial charge in [-0.25, -0.2) is 4.98 Å². The maximum absolute atomic E-state index is 12.4. The third-order valence-corrected chi connectivity index (χ3v) is 5.02.